The third-order valence-electron chi connectivity index (χ3n) is 5.24. The minimum Gasteiger partial charge on any atom is -0.308 e. The van der Waals surface area contributed by atoms with E-state index in [1.165, 1.54) is 12.1 Å². The van der Waals surface area contributed by atoms with E-state index in [2.05, 4.69) is 10.4 Å². The summed E-state index contributed by atoms with van der Waals surface area (Å²) in [7, 11) is 0. The maximum absolute atomic E-state index is 14.3. The molecule has 1 saturated carbocycles. The molecule has 2 aliphatic rings. The van der Waals surface area contributed by atoms with Gasteiger partial charge in [-0.15, -0.1) is 5.10 Å². The van der Waals surface area contributed by atoms with Gasteiger partial charge in [-0.3, -0.25) is 4.79 Å². The Hall–Kier alpha value is -2.24. The summed E-state index contributed by atoms with van der Waals surface area (Å²) in [6.45, 7) is 5.52. The van der Waals surface area contributed by atoms with Crippen molar-refractivity contribution in [3.63, 3.8) is 0 Å². The van der Waals surface area contributed by atoms with Crippen molar-refractivity contribution in [1.29, 1.82) is 0 Å². The average molecular weight is 345 g/mol. The van der Waals surface area contributed by atoms with Crippen LogP contribution >= 0.6 is 0 Å². The quantitative estimate of drug-likeness (QED) is 0.871. The van der Waals surface area contributed by atoms with Gasteiger partial charge < -0.3 is 5.32 Å². The Balaban J connectivity index is 1.83. The van der Waals surface area contributed by atoms with Crippen LogP contribution in [-0.2, 0) is 4.79 Å². The van der Waals surface area contributed by atoms with Crippen LogP contribution in [0.4, 0.5) is 14.6 Å². The number of rotatable bonds is 2. The Morgan fingerprint density at radius 3 is 2.64 bits per heavy atom. The molecule has 0 aliphatic heterocycles. The molecule has 0 radical (unpaired) electrons. The van der Waals surface area contributed by atoms with Crippen molar-refractivity contribution in [3.8, 4) is 5.69 Å². The molecule has 4 nitrogen and oxygen atoms in total. The lowest BCUT2D eigenvalue weighted by Gasteiger charge is -2.18. The van der Waals surface area contributed by atoms with E-state index in [1.807, 2.05) is 20.8 Å². The standard InChI is InChI=1S/C19H21F2N3O/c1-19(2,3)18(25)22-17-15-10-4-5-11(8-10)16(15)24(23-17)14-7-6-12(20)9-13(14)21/h6-7,9-11H,4-5,8H2,1-3H3,(H,22,23,25). The van der Waals surface area contributed by atoms with Crippen LogP contribution in [-0.4, -0.2) is 15.7 Å². The Morgan fingerprint density at radius 1 is 1.24 bits per heavy atom. The van der Waals surface area contributed by atoms with Crippen LogP contribution < -0.4 is 5.32 Å². The van der Waals surface area contributed by atoms with Crippen LogP contribution in [0.3, 0.4) is 0 Å². The molecule has 132 valence electrons. The second-order valence-electron chi connectivity index (χ2n) is 8.07. The van der Waals surface area contributed by atoms with Crippen molar-refractivity contribution in [2.45, 2.75) is 51.9 Å². The summed E-state index contributed by atoms with van der Waals surface area (Å²) in [6.07, 6.45) is 3.11. The molecule has 1 aromatic heterocycles. The first-order chi connectivity index (χ1) is 11.8. The van der Waals surface area contributed by atoms with Crippen LogP contribution in [0.15, 0.2) is 18.2 Å². The Bertz CT molecular complexity index is 866. The van der Waals surface area contributed by atoms with E-state index in [9.17, 15) is 13.6 Å². The number of hydrogen-bond donors (Lipinski definition) is 1. The van der Waals surface area contributed by atoms with Crippen molar-refractivity contribution >= 4 is 11.7 Å². The normalized spacial score (nSPS) is 21.5. The van der Waals surface area contributed by atoms with Crippen LogP contribution in [0.25, 0.3) is 5.69 Å². The summed E-state index contributed by atoms with van der Waals surface area (Å²) in [5.41, 5.74) is 1.67. The van der Waals surface area contributed by atoms with E-state index in [0.29, 0.717) is 17.7 Å². The predicted octanol–water partition coefficient (Wildman–Crippen LogP) is 4.50. The van der Waals surface area contributed by atoms with Crippen molar-refractivity contribution in [2.24, 2.45) is 5.41 Å². The van der Waals surface area contributed by atoms with Gasteiger partial charge in [-0.05, 0) is 37.3 Å². The summed E-state index contributed by atoms with van der Waals surface area (Å²) in [5, 5.41) is 7.43. The molecule has 25 heavy (non-hydrogen) atoms. The fraction of sp³-hybridized carbons (Fsp3) is 0.474. The first kappa shape index (κ1) is 16.2. The smallest absolute Gasteiger partial charge is 0.230 e. The number of nitrogens with one attached hydrogen (secondary N) is 1. The maximum Gasteiger partial charge on any atom is 0.230 e. The molecular formula is C19H21F2N3O. The van der Waals surface area contributed by atoms with E-state index >= 15 is 0 Å². The number of aromatic nitrogens is 2. The monoisotopic (exact) mass is 345 g/mol. The summed E-state index contributed by atoms with van der Waals surface area (Å²) < 4.78 is 29.2. The SMILES string of the molecule is CC(C)(C)C(=O)Nc1nn(-c2ccc(F)cc2F)c2c1C1CCC2C1. The lowest BCUT2D eigenvalue weighted by atomic mass is 9.94. The first-order valence-electron chi connectivity index (χ1n) is 8.65. The highest BCUT2D eigenvalue weighted by Gasteiger charge is 2.43. The number of fused-ring (bicyclic) bond motifs is 5. The van der Waals surface area contributed by atoms with Gasteiger partial charge in [0.15, 0.2) is 11.6 Å². The van der Waals surface area contributed by atoms with Crippen molar-refractivity contribution in [2.75, 3.05) is 5.32 Å². The van der Waals surface area contributed by atoms with Crippen molar-refractivity contribution in [3.05, 3.63) is 41.1 Å². The average Bonchev–Trinajstić information content (AvgIpc) is 3.19. The number of carbonyl (C=O) groups excluding carboxylic acids is 1. The number of nitrogens with zero attached hydrogens (tertiary/aromatic N) is 2. The molecular weight excluding hydrogens is 324 g/mol. The van der Waals surface area contributed by atoms with Crippen LogP contribution in [0, 0.1) is 17.0 Å². The highest BCUT2D eigenvalue weighted by Crippen LogP contribution is 2.56. The van der Waals surface area contributed by atoms with E-state index in [4.69, 9.17) is 0 Å². The Morgan fingerprint density at radius 2 is 1.96 bits per heavy atom. The highest BCUT2D eigenvalue weighted by molar-refractivity contribution is 5.94. The molecule has 1 amide bonds. The van der Waals surface area contributed by atoms with Crippen molar-refractivity contribution in [1.82, 2.24) is 9.78 Å². The number of carbonyl (C=O) groups is 1. The van der Waals surface area contributed by atoms with Gasteiger partial charge in [0.25, 0.3) is 0 Å². The molecule has 2 aliphatic carbocycles. The summed E-state index contributed by atoms with van der Waals surface area (Å²) >= 11 is 0. The van der Waals surface area contributed by atoms with Crippen LogP contribution in [0.2, 0.25) is 0 Å². The van der Waals surface area contributed by atoms with Gasteiger partial charge >= 0.3 is 0 Å². The Kier molecular flexibility index (Phi) is 3.49. The van der Waals surface area contributed by atoms with Gasteiger partial charge in [0.2, 0.25) is 5.91 Å². The number of anilines is 1. The maximum atomic E-state index is 14.3. The third-order valence-corrected chi connectivity index (χ3v) is 5.24. The minimum atomic E-state index is -0.651. The fourth-order valence-corrected chi connectivity index (χ4v) is 3.95. The van der Waals surface area contributed by atoms with Crippen LogP contribution in [0.5, 0.6) is 0 Å². The molecule has 2 atom stereocenters. The zero-order chi connectivity index (χ0) is 17.9. The molecule has 1 aromatic carbocycles. The molecule has 4 rings (SSSR count). The molecule has 0 spiro atoms. The fourth-order valence-electron chi connectivity index (χ4n) is 3.95. The van der Waals surface area contributed by atoms with Gasteiger partial charge in [-0.1, -0.05) is 20.8 Å². The van der Waals surface area contributed by atoms with Gasteiger partial charge in [0.1, 0.15) is 11.5 Å². The van der Waals surface area contributed by atoms with E-state index in [-0.39, 0.29) is 11.6 Å². The number of halogens is 2. The molecule has 1 heterocycles. The van der Waals surface area contributed by atoms with Gasteiger partial charge in [-0.2, -0.15) is 0 Å². The predicted molar refractivity (Wildman–Crippen MR) is 90.9 cm³/mol. The molecule has 2 unspecified atom stereocenters. The largest absolute Gasteiger partial charge is 0.308 e. The van der Waals surface area contributed by atoms with E-state index in [0.717, 1.165) is 36.6 Å². The summed E-state index contributed by atoms with van der Waals surface area (Å²) in [4.78, 5) is 12.4. The molecule has 2 bridgehead atoms. The molecule has 2 aromatic rings. The molecule has 1 N–H and O–H groups in total. The summed E-state index contributed by atoms with van der Waals surface area (Å²) in [6, 6.07) is 3.50. The zero-order valence-electron chi connectivity index (χ0n) is 14.6. The number of amides is 1. The molecule has 0 saturated heterocycles. The third kappa shape index (κ3) is 2.55. The Labute approximate surface area is 145 Å². The van der Waals surface area contributed by atoms with E-state index in [1.54, 1.807) is 4.68 Å². The summed E-state index contributed by atoms with van der Waals surface area (Å²) in [5.74, 6) is -0.201. The lowest BCUT2D eigenvalue weighted by Crippen LogP contribution is -2.28. The molecule has 6 heteroatoms. The van der Waals surface area contributed by atoms with Gasteiger partial charge in [0, 0.05) is 23.0 Å². The number of benzene rings is 1. The molecule has 1 fully saturated rings. The van der Waals surface area contributed by atoms with Gasteiger partial charge in [0.05, 0.1) is 5.69 Å². The lowest BCUT2D eigenvalue weighted by molar-refractivity contribution is -0.123. The highest BCUT2D eigenvalue weighted by atomic mass is 19.1. The first-order valence-corrected chi connectivity index (χ1v) is 8.65. The minimum absolute atomic E-state index is 0.123. The van der Waals surface area contributed by atoms with E-state index < -0.39 is 17.0 Å². The second-order valence-corrected chi connectivity index (χ2v) is 8.07. The second kappa shape index (κ2) is 5.38. The van der Waals surface area contributed by atoms with Gasteiger partial charge in [-0.25, -0.2) is 13.5 Å². The number of hydrogen-bond acceptors (Lipinski definition) is 2. The zero-order valence-corrected chi connectivity index (χ0v) is 14.6. The topological polar surface area (TPSA) is 46.9 Å². The van der Waals surface area contributed by atoms with Crippen LogP contribution in [0.1, 0.15) is 63.1 Å². The van der Waals surface area contributed by atoms with Crippen molar-refractivity contribution < 1.29 is 13.6 Å².